The number of ether oxygens (including phenoxy) is 1. The normalized spacial score (nSPS) is 9.81. The van der Waals surface area contributed by atoms with Gasteiger partial charge in [0.05, 0.1) is 24.4 Å². The number of nitrogens with zero attached hydrogens (tertiary/aromatic N) is 3. The number of methoxy groups -OCH3 is 1. The highest BCUT2D eigenvalue weighted by atomic mass is 19.1. The minimum Gasteiger partial charge on any atom is -0.490 e. The van der Waals surface area contributed by atoms with Crippen LogP contribution in [0, 0.1) is 17.1 Å². The van der Waals surface area contributed by atoms with Crippen LogP contribution in [0.4, 0.5) is 21.7 Å². The SMILES string of the molecule is CCNc1ncnc(Nc2ccc(C#N)cc2F)c1OC. The molecule has 1 aromatic heterocycles. The summed E-state index contributed by atoms with van der Waals surface area (Å²) in [6.07, 6.45) is 1.35. The summed E-state index contributed by atoms with van der Waals surface area (Å²) < 4.78 is 19.2. The fourth-order valence-electron chi connectivity index (χ4n) is 1.76. The van der Waals surface area contributed by atoms with Crippen molar-refractivity contribution in [2.75, 3.05) is 24.3 Å². The molecule has 0 atom stereocenters. The molecule has 7 heteroatoms. The van der Waals surface area contributed by atoms with Crippen molar-refractivity contribution in [2.45, 2.75) is 6.92 Å². The Morgan fingerprint density at radius 2 is 2.10 bits per heavy atom. The van der Waals surface area contributed by atoms with Gasteiger partial charge in [-0.3, -0.25) is 0 Å². The van der Waals surface area contributed by atoms with Crippen LogP contribution >= 0.6 is 0 Å². The molecule has 0 fully saturated rings. The van der Waals surface area contributed by atoms with Crippen molar-refractivity contribution in [3.63, 3.8) is 0 Å². The van der Waals surface area contributed by atoms with Crippen molar-refractivity contribution >= 4 is 17.3 Å². The van der Waals surface area contributed by atoms with Crippen LogP contribution in [0.5, 0.6) is 5.75 Å². The van der Waals surface area contributed by atoms with Crippen LogP contribution in [0.15, 0.2) is 24.5 Å². The van der Waals surface area contributed by atoms with Gasteiger partial charge in [0.25, 0.3) is 0 Å². The van der Waals surface area contributed by atoms with Crippen LogP contribution in [0.25, 0.3) is 0 Å². The summed E-state index contributed by atoms with van der Waals surface area (Å²) in [5, 5.41) is 14.6. The van der Waals surface area contributed by atoms with Gasteiger partial charge in [0.2, 0.25) is 5.75 Å². The van der Waals surface area contributed by atoms with Crippen molar-refractivity contribution in [2.24, 2.45) is 0 Å². The Labute approximate surface area is 121 Å². The smallest absolute Gasteiger partial charge is 0.204 e. The van der Waals surface area contributed by atoms with Crippen molar-refractivity contribution in [1.82, 2.24) is 9.97 Å². The Morgan fingerprint density at radius 1 is 1.33 bits per heavy atom. The van der Waals surface area contributed by atoms with Crippen LogP contribution in [0.1, 0.15) is 12.5 Å². The summed E-state index contributed by atoms with van der Waals surface area (Å²) in [6, 6.07) is 6.03. The largest absolute Gasteiger partial charge is 0.490 e. The van der Waals surface area contributed by atoms with Gasteiger partial charge >= 0.3 is 0 Å². The molecule has 0 radical (unpaired) electrons. The predicted octanol–water partition coefficient (Wildman–Crippen LogP) is 2.67. The quantitative estimate of drug-likeness (QED) is 0.879. The number of aromatic nitrogens is 2. The molecule has 0 aliphatic heterocycles. The summed E-state index contributed by atoms with van der Waals surface area (Å²) in [4.78, 5) is 8.12. The fraction of sp³-hybridized carbons (Fsp3) is 0.214. The van der Waals surface area contributed by atoms with Gasteiger partial charge in [-0.25, -0.2) is 14.4 Å². The van der Waals surface area contributed by atoms with E-state index < -0.39 is 5.82 Å². The molecule has 0 spiro atoms. The molecule has 2 N–H and O–H groups in total. The molecule has 2 aromatic rings. The second-order valence-corrected chi connectivity index (χ2v) is 4.07. The van der Waals surface area contributed by atoms with E-state index in [-0.39, 0.29) is 11.3 Å². The third-order valence-corrected chi connectivity index (χ3v) is 2.70. The first-order valence-corrected chi connectivity index (χ1v) is 6.29. The highest BCUT2D eigenvalue weighted by molar-refractivity contribution is 5.69. The first-order valence-electron chi connectivity index (χ1n) is 6.29. The zero-order valence-electron chi connectivity index (χ0n) is 11.6. The molecule has 21 heavy (non-hydrogen) atoms. The van der Waals surface area contributed by atoms with Crippen LogP contribution in [0.3, 0.4) is 0 Å². The summed E-state index contributed by atoms with van der Waals surface area (Å²) >= 11 is 0. The van der Waals surface area contributed by atoms with Crippen LogP contribution in [-0.4, -0.2) is 23.6 Å². The summed E-state index contributed by atoms with van der Waals surface area (Å²) in [5.41, 5.74) is 0.453. The van der Waals surface area contributed by atoms with Gasteiger partial charge in [-0.1, -0.05) is 0 Å². The van der Waals surface area contributed by atoms with E-state index >= 15 is 0 Å². The van der Waals surface area contributed by atoms with Gasteiger partial charge in [-0.05, 0) is 25.1 Å². The predicted molar refractivity (Wildman–Crippen MR) is 77.1 cm³/mol. The Morgan fingerprint density at radius 3 is 2.71 bits per heavy atom. The Balaban J connectivity index is 2.35. The molecule has 0 amide bonds. The van der Waals surface area contributed by atoms with Crippen molar-refractivity contribution in [3.05, 3.63) is 35.9 Å². The van der Waals surface area contributed by atoms with Gasteiger partial charge in [0, 0.05) is 6.54 Å². The molecule has 0 aliphatic carbocycles. The third kappa shape index (κ3) is 3.17. The van der Waals surface area contributed by atoms with E-state index in [0.717, 1.165) is 6.07 Å². The number of hydrogen-bond donors (Lipinski definition) is 2. The van der Waals surface area contributed by atoms with E-state index in [9.17, 15) is 4.39 Å². The molecule has 0 unspecified atom stereocenters. The number of rotatable bonds is 5. The molecule has 0 saturated heterocycles. The molecule has 1 heterocycles. The van der Waals surface area contributed by atoms with Gasteiger partial charge in [0.1, 0.15) is 12.1 Å². The highest BCUT2D eigenvalue weighted by Crippen LogP contribution is 2.31. The zero-order valence-corrected chi connectivity index (χ0v) is 11.6. The molecule has 0 saturated carbocycles. The number of nitrogens with one attached hydrogen (secondary N) is 2. The molecular weight excluding hydrogens is 273 g/mol. The maximum atomic E-state index is 13.9. The Hall–Kier alpha value is -2.88. The van der Waals surface area contributed by atoms with E-state index in [4.69, 9.17) is 10.00 Å². The summed E-state index contributed by atoms with van der Waals surface area (Å²) in [7, 11) is 1.49. The molecule has 108 valence electrons. The Bertz CT molecular complexity index is 684. The third-order valence-electron chi connectivity index (χ3n) is 2.70. The van der Waals surface area contributed by atoms with Crippen LogP contribution in [-0.2, 0) is 0 Å². The highest BCUT2D eigenvalue weighted by Gasteiger charge is 2.13. The lowest BCUT2D eigenvalue weighted by atomic mass is 10.2. The zero-order chi connectivity index (χ0) is 15.2. The standard InChI is InChI=1S/C14H14FN5O/c1-3-17-13-12(21-2)14(19-8-18-13)20-11-5-4-9(7-16)6-10(11)15/h4-6,8H,3H2,1-2H3,(H2,17,18,19,20). The molecule has 2 rings (SSSR count). The van der Waals surface area contributed by atoms with Crippen molar-refractivity contribution in [3.8, 4) is 11.8 Å². The summed E-state index contributed by atoms with van der Waals surface area (Å²) in [6.45, 7) is 2.59. The second kappa shape index (κ2) is 6.52. The van der Waals surface area contributed by atoms with E-state index in [1.807, 2.05) is 13.0 Å². The minimum atomic E-state index is -0.542. The van der Waals surface area contributed by atoms with Gasteiger partial charge in [-0.2, -0.15) is 5.26 Å². The van der Waals surface area contributed by atoms with E-state index in [1.165, 1.54) is 25.6 Å². The van der Waals surface area contributed by atoms with Crippen LogP contribution in [0.2, 0.25) is 0 Å². The molecule has 6 nitrogen and oxygen atoms in total. The number of anilines is 3. The lowest BCUT2D eigenvalue weighted by molar-refractivity contribution is 0.415. The van der Waals surface area contributed by atoms with E-state index in [1.54, 1.807) is 0 Å². The van der Waals surface area contributed by atoms with E-state index in [0.29, 0.717) is 23.9 Å². The first kappa shape index (κ1) is 14.5. The average molecular weight is 287 g/mol. The molecule has 0 bridgehead atoms. The van der Waals surface area contributed by atoms with Gasteiger partial charge in [0.15, 0.2) is 11.6 Å². The number of nitriles is 1. The molecular formula is C14H14FN5O. The number of halogens is 1. The molecule has 0 aliphatic rings. The lowest BCUT2D eigenvalue weighted by Crippen LogP contribution is -2.06. The molecule has 1 aromatic carbocycles. The van der Waals surface area contributed by atoms with Gasteiger partial charge < -0.3 is 15.4 Å². The topological polar surface area (TPSA) is 82.9 Å². The maximum Gasteiger partial charge on any atom is 0.204 e. The average Bonchev–Trinajstić information content (AvgIpc) is 2.50. The van der Waals surface area contributed by atoms with Crippen molar-refractivity contribution < 1.29 is 9.13 Å². The summed E-state index contributed by atoms with van der Waals surface area (Å²) in [5.74, 6) is 0.710. The Kier molecular flexibility index (Phi) is 4.51. The van der Waals surface area contributed by atoms with E-state index in [2.05, 4.69) is 20.6 Å². The second-order valence-electron chi connectivity index (χ2n) is 4.07. The van der Waals surface area contributed by atoms with Crippen LogP contribution < -0.4 is 15.4 Å². The number of hydrogen-bond acceptors (Lipinski definition) is 6. The van der Waals surface area contributed by atoms with Crippen molar-refractivity contribution in [1.29, 1.82) is 5.26 Å². The first-order chi connectivity index (χ1) is 10.2. The fourth-order valence-corrected chi connectivity index (χ4v) is 1.76. The number of benzene rings is 1. The minimum absolute atomic E-state index is 0.202. The van der Waals surface area contributed by atoms with Gasteiger partial charge in [-0.15, -0.1) is 0 Å². The lowest BCUT2D eigenvalue weighted by Gasteiger charge is -2.13. The maximum absolute atomic E-state index is 13.9. The monoisotopic (exact) mass is 287 g/mol.